The predicted molar refractivity (Wildman–Crippen MR) is 47.4 cm³/mol. The van der Waals surface area contributed by atoms with Crippen LogP contribution in [0.15, 0.2) is 24.5 Å². The minimum atomic E-state index is -0.798. The summed E-state index contributed by atoms with van der Waals surface area (Å²) in [7, 11) is 0. The summed E-state index contributed by atoms with van der Waals surface area (Å²) in [5.74, 6) is -1.07. The van der Waals surface area contributed by atoms with E-state index < -0.39 is 11.9 Å². The molecule has 0 radical (unpaired) electrons. The lowest BCUT2D eigenvalue weighted by Crippen LogP contribution is -2.08. The quantitative estimate of drug-likeness (QED) is 0.661. The zero-order valence-corrected chi connectivity index (χ0v) is 7.76. The number of fused-ring (bicyclic) bond motifs is 1. The highest BCUT2D eigenvalue weighted by atomic mass is 17.5. The first-order valence-electron chi connectivity index (χ1n) is 4.37. The van der Waals surface area contributed by atoms with Crippen LogP contribution in [0.25, 0.3) is 5.76 Å². The molecule has 3 rings (SSSR count). The Kier molecular flexibility index (Phi) is 1.72. The lowest BCUT2D eigenvalue weighted by molar-refractivity contribution is -0.444. The molecule has 0 amide bonds. The van der Waals surface area contributed by atoms with Crippen LogP contribution >= 0.6 is 0 Å². The molecule has 0 atom stereocenters. The van der Waals surface area contributed by atoms with Crippen molar-refractivity contribution in [1.82, 2.24) is 0 Å². The molecule has 0 saturated carbocycles. The van der Waals surface area contributed by atoms with Gasteiger partial charge < -0.3 is 4.74 Å². The molecule has 0 bridgehead atoms. The van der Waals surface area contributed by atoms with E-state index in [1.807, 2.05) is 0 Å². The molecule has 0 aromatic heterocycles. The molecule has 0 spiro atoms. The maximum Gasteiger partial charge on any atom is 0.379 e. The average Bonchev–Trinajstić information content (AvgIpc) is 3.10. The van der Waals surface area contributed by atoms with Crippen LogP contribution in [-0.2, 0) is 19.6 Å². The van der Waals surface area contributed by atoms with Gasteiger partial charge in [0.05, 0.1) is 11.1 Å². The number of benzene rings is 1. The third kappa shape index (κ3) is 1.24. The van der Waals surface area contributed by atoms with Crippen LogP contribution in [0.1, 0.15) is 26.3 Å². The van der Waals surface area contributed by atoms with Gasteiger partial charge >= 0.3 is 11.9 Å². The van der Waals surface area contributed by atoms with E-state index >= 15 is 0 Å². The minimum absolute atomic E-state index is 0.0775. The van der Waals surface area contributed by atoms with Gasteiger partial charge in [0.25, 0.3) is 0 Å². The van der Waals surface area contributed by atoms with E-state index in [-0.39, 0.29) is 11.1 Å². The summed E-state index contributed by atoms with van der Waals surface area (Å²) in [5.41, 5.74) is 0.634. The number of hydrogen-bond acceptors (Lipinski definition) is 6. The highest BCUT2D eigenvalue weighted by molar-refractivity contribution is 6.06. The monoisotopic (exact) mass is 220 g/mol. The number of carbonyl (C=O) groups excluding carboxylic acids is 2. The van der Waals surface area contributed by atoms with E-state index in [0.717, 1.165) is 0 Å². The molecule has 1 aromatic rings. The Morgan fingerprint density at radius 2 is 1.62 bits per heavy atom. The molecule has 0 aliphatic carbocycles. The first-order chi connectivity index (χ1) is 7.77. The van der Waals surface area contributed by atoms with E-state index in [4.69, 9.17) is 4.74 Å². The molecule has 6 nitrogen and oxygen atoms in total. The van der Waals surface area contributed by atoms with Crippen LogP contribution < -0.4 is 0 Å². The van der Waals surface area contributed by atoms with Crippen LogP contribution in [-0.4, -0.2) is 11.9 Å². The summed E-state index contributed by atoms with van der Waals surface area (Å²) in [6.45, 7) is 0. The van der Waals surface area contributed by atoms with Crippen LogP contribution in [0.2, 0.25) is 0 Å². The molecule has 2 aliphatic heterocycles. The second-order valence-corrected chi connectivity index (χ2v) is 3.14. The molecule has 2 aliphatic rings. The molecular weight excluding hydrogens is 216 g/mol. The highest BCUT2D eigenvalue weighted by Crippen LogP contribution is 2.32. The normalized spacial score (nSPS) is 17.4. The Labute approximate surface area is 88.8 Å². The van der Waals surface area contributed by atoms with Gasteiger partial charge in [-0.05, 0) is 6.07 Å². The molecule has 0 saturated heterocycles. The molecule has 0 N–H and O–H groups in total. The number of ether oxygens (including phenoxy) is 1. The molecule has 6 heteroatoms. The topological polar surface area (TPSA) is 74.4 Å². The summed E-state index contributed by atoms with van der Waals surface area (Å²) < 4.78 is 4.88. The lowest BCUT2D eigenvalue weighted by Gasteiger charge is -2.02. The minimum Gasteiger partial charge on any atom is -0.457 e. The molecule has 1 aromatic carbocycles. The standard InChI is InChI=1S/C10H4O6/c11-9-6-3-1-2-5(7-4-13-7)8(6)10(12)15-16-14-9/h1-4H. The van der Waals surface area contributed by atoms with E-state index in [1.165, 1.54) is 12.3 Å². The first-order valence-corrected chi connectivity index (χ1v) is 4.37. The van der Waals surface area contributed by atoms with Crippen molar-refractivity contribution >= 4 is 17.7 Å². The van der Waals surface area contributed by atoms with Gasteiger partial charge in [0.2, 0.25) is 0 Å². The zero-order chi connectivity index (χ0) is 11.1. The van der Waals surface area contributed by atoms with E-state index in [1.54, 1.807) is 12.1 Å². The van der Waals surface area contributed by atoms with Gasteiger partial charge in [0, 0.05) is 10.6 Å². The molecule has 0 unspecified atom stereocenters. The summed E-state index contributed by atoms with van der Waals surface area (Å²) in [6.07, 6.45) is 1.46. The van der Waals surface area contributed by atoms with Gasteiger partial charge in [-0.1, -0.05) is 12.1 Å². The Morgan fingerprint density at radius 3 is 2.38 bits per heavy atom. The van der Waals surface area contributed by atoms with Crippen molar-refractivity contribution in [3.63, 3.8) is 0 Å². The van der Waals surface area contributed by atoms with Gasteiger partial charge in [0.15, 0.2) is 5.76 Å². The van der Waals surface area contributed by atoms with Crippen molar-refractivity contribution in [3.05, 3.63) is 41.2 Å². The largest absolute Gasteiger partial charge is 0.457 e. The van der Waals surface area contributed by atoms with Crippen molar-refractivity contribution in [1.29, 1.82) is 0 Å². The maximum atomic E-state index is 11.5. The highest BCUT2D eigenvalue weighted by Gasteiger charge is 2.32. The van der Waals surface area contributed by atoms with Crippen molar-refractivity contribution < 1.29 is 29.1 Å². The maximum absolute atomic E-state index is 11.5. The molecule has 16 heavy (non-hydrogen) atoms. The number of hydrogen-bond donors (Lipinski definition) is 0. The van der Waals surface area contributed by atoms with Gasteiger partial charge in [0.1, 0.15) is 6.26 Å². The van der Waals surface area contributed by atoms with Crippen molar-refractivity contribution in [2.45, 2.75) is 0 Å². The Balaban J connectivity index is 2.24. The Morgan fingerprint density at radius 1 is 0.938 bits per heavy atom. The third-order valence-corrected chi connectivity index (χ3v) is 2.21. The van der Waals surface area contributed by atoms with Gasteiger partial charge in [-0.2, -0.15) is 0 Å². The number of carbonyl (C=O) groups is 2. The summed E-state index contributed by atoms with van der Waals surface area (Å²) in [6, 6.07) is 4.69. The second-order valence-electron chi connectivity index (χ2n) is 3.14. The van der Waals surface area contributed by atoms with Crippen LogP contribution in [0.3, 0.4) is 0 Å². The van der Waals surface area contributed by atoms with Gasteiger partial charge in [-0.15, -0.1) is 0 Å². The average molecular weight is 220 g/mol. The molecule has 80 valence electrons. The fraction of sp³-hybridized carbons (Fsp3) is 0. The first kappa shape index (κ1) is 8.93. The lowest BCUT2D eigenvalue weighted by atomic mass is 10.0. The molecular formula is C10H4O6. The summed E-state index contributed by atoms with van der Waals surface area (Å²) >= 11 is 0. The van der Waals surface area contributed by atoms with Crippen LogP contribution in [0.4, 0.5) is 0 Å². The molecule has 0 fully saturated rings. The SMILES string of the molecule is O=C1OOOC(=O)c2c1cccc2C1=CO1. The van der Waals surface area contributed by atoms with E-state index in [0.29, 0.717) is 11.3 Å². The smallest absolute Gasteiger partial charge is 0.379 e. The van der Waals surface area contributed by atoms with Gasteiger partial charge in [-0.25, -0.2) is 9.59 Å². The predicted octanol–water partition coefficient (Wildman–Crippen LogP) is 1.19. The number of rotatable bonds is 1. The fourth-order valence-corrected chi connectivity index (χ4v) is 1.47. The summed E-state index contributed by atoms with van der Waals surface area (Å²) in [4.78, 5) is 31.4. The van der Waals surface area contributed by atoms with Crippen LogP contribution in [0.5, 0.6) is 0 Å². The second kappa shape index (κ2) is 3.07. The van der Waals surface area contributed by atoms with Crippen LogP contribution in [0, 0.1) is 0 Å². The summed E-state index contributed by atoms with van der Waals surface area (Å²) in [5, 5.41) is 4.00. The molecule has 2 heterocycles. The third-order valence-electron chi connectivity index (χ3n) is 2.21. The van der Waals surface area contributed by atoms with E-state index in [2.05, 4.69) is 14.8 Å². The Bertz CT molecular complexity index is 530. The van der Waals surface area contributed by atoms with Crippen molar-refractivity contribution in [2.24, 2.45) is 0 Å². The zero-order valence-electron chi connectivity index (χ0n) is 7.76. The Hall–Kier alpha value is -2.34. The van der Waals surface area contributed by atoms with Crippen molar-refractivity contribution in [3.8, 4) is 0 Å². The van der Waals surface area contributed by atoms with Crippen molar-refractivity contribution in [2.75, 3.05) is 0 Å². The van der Waals surface area contributed by atoms with E-state index in [9.17, 15) is 9.59 Å². The van der Waals surface area contributed by atoms with Gasteiger partial charge in [-0.3, -0.25) is 9.78 Å². The fourth-order valence-electron chi connectivity index (χ4n) is 1.47.